The minimum absolute atomic E-state index is 0.570. The van der Waals surface area contributed by atoms with Crippen LogP contribution in [0.15, 0.2) is 24.3 Å². The van der Waals surface area contributed by atoms with Crippen LogP contribution < -0.4 is 0 Å². The van der Waals surface area contributed by atoms with Gasteiger partial charge in [0.15, 0.2) is 0 Å². The van der Waals surface area contributed by atoms with Crippen molar-refractivity contribution in [3.63, 3.8) is 0 Å². The molecule has 0 radical (unpaired) electrons. The van der Waals surface area contributed by atoms with Crippen molar-refractivity contribution in [3.05, 3.63) is 40.5 Å². The van der Waals surface area contributed by atoms with Gasteiger partial charge in [0, 0.05) is 11.3 Å². The number of halogens is 2. The van der Waals surface area contributed by atoms with Gasteiger partial charge in [-0.1, -0.05) is 29.8 Å². The fraction of sp³-hybridized carbons (Fsp3) is 0.250. The van der Waals surface area contributed by atoms with Crippen LogP contribution >= 0.6 is 23.2 Å². The third kappa shape index (κ3) is 1.95. The van der Waals surface area contributed by atoms with Crippen LogP contribution in [-0.4, -0.2) is 10.9 Å². The van der Waals surface area contributed by atoms with E-state index in [9.17, 15) is 0 Å². The molecule has 1 heterocycles. The van der Waals surface area contributed by atoms with E-state index in [0.717, 1.165) is 22.9 Å². The topological polar surface area (TPSA) is 12.9 Å². The molecule has 1 aromatic heterocycles. The van der Waals surface area contributed by atoms with Gasteiger partial charge >= 0.3 is 0 Å². The molecule has 0 amide bonds. The summed E-state index contributed by atoms with van der Waals surface area (Å²) in [6.07, 6.45) is 0.768. The van der Waals surface area contributed by atoms with Crippen LogP contribution in [0.25, 0.3) is 10.9 Å². The number of aromatic nitrogens is 1. The second-order valence-electron chi connectivity index (χ2n) is 3.46. The van der Waals surface area contributed by atoms with Crippen molar-refractivity contribution < 1.29 is 0 Å². The van der Waals surface area contributed by atoms with Crippen LogP contribution in [0.5, 0.6) is 0 Å². The second-order valence-corrected chi connectivity index (χ2v) is 4.20. The lowest BCUT2D eigenvalue weighted by Gasteiger charge is -2.09. The summed E-state index contributed by atoms with van der Waals surface area (Å²) in [7, 11) is 0. The Balaban J connectivity index is 2.72. The highest BCUT2D eigenvalue weighted by atomic mass is 35.5. The van der Waals surface area contributed by atoms with Gasteiger partial charge in [-0.2, -0.15) is 0 Å². The normalized spacial score (nSPS) is 10.9. The Labute approximate surface area is 99.0 Å². The summed E-state index contributed by atoms with van der Waals surface area (Å²) >= 11 is 11.9. The van der Waals surface area contributed by atoms with E-state index >= 15 is 0 Å². The van der Waals surface area contributed by atoms with E-state index < -0.39 is 0 Å². The van der Waals surface area contributed by atoms with Crippen molar-refractivity contribution in [1.82, 2.24) is 4.98 Å². The lowest BCUT2D eigenvalue weighted by molar-refractivity contribution is 1.10. The van der Waals surface area contributed by atoms with Crippen molar-refractivity contribution in [2.45, 2.75) is 13.3 Å². The fourth-order valence-electron chi connectivity index (χ4n) is 1.76. The smallest absolute Gasteiger partial charge is 0.133 e. The van der Waals surface area contributed by atoms with Gasteiger partial charge in [-0.05, 0) is 30.5 Å². The summed E-state index contributed by atoms with van der Waals surface area (Å²) < 4.78 is 0. The Bertz CT molecular complexity index is 494. The highest BCUT2D eigenvalue weighted by molar-refractivity contribution is 6.31. The predicted molar refractivity (Wildman–Crippen MR) is 65.9 cm³/mol. The number of fused-ring (bicyclic) bond motifs is 1. The Morgan fingerprint density at radius 1 is 1.27 bits per heavy atom. The maximum Gasteiger partial charge on any atom is 0.133 e. The zero-order chi connectivity index (χ0) is 10.8. The monoisotopic (exact) mass is 239 g/mol. The van der Waals surface area contributed by atoms with Crippen LogP contribution in [0.1, 0.15) is 11.1 Å². The summed E-state index contributed by atoms with van der Waals surface area (Å²) in [5, 5.41) is 1.73. The fourth-order valence-corrected chi connectivity index (χ4v) is 2.28. The van der Waals surface area contributed by atoms with Crippen LogP contribution in [0.4, 0.5) is 0 Å². The van der Waals surface area contributed by atoms with E-state index in [1.807, 2.05) is 18.2 Å². The number of aryl methyl sites for hydroxylation is 1. The highest BCUT2D eigenvalue weighted by Gasteiger charge is 2.09. The predicted octanol–water partition coefficient (Wildman–Crippen LogP) is 3.98. The van der Waals surface area contributed by atoms with Gasteiger partial charge in [0.2, 0.25) is 0 Å². The molecule has 0 saturated heterocycles. The van der Waals surface area contributed by atoms with E-state index in [4.69, 9.17) is 23.2 Å². The molecule has 2 aromatic rings. The first-order chi connectivity index (χ1) is 7.24. The molecule has 0 N–H and O–H groups in total. The largest absolute Gasteiger partial charge is 0.236 e. The third-order valence-electron chi connectivity index (χ3n) is 2.57. The number of benzene rings is 1. The van der Waals surface area contributed by atoms with Gasteiger partial charge in [-0.3, -0.25) is 0 Å². The van der Waals surface area contributed by atoms with Crippen molar-refractivity contribution in [3.8, 4) is 0 Å². The molecule has 0 saturated carbocycles. The average molecular weight is 240 g/mol. The zero-order valence-corrected chi connectivity index (χ0v) is 9.94. The van der Waals surface area contributed by atoms with Crippen LogP contribution in [-0.2, 0) is 6.42 Å². The minimum Gasteiger partial charge on any atom is -0.236 e. The third-order valence-corrected chi connectivity index (χ3v) is 3.07. The van der Waals surface area contributed by atoms with E-state index in [2.05, 4.69) is 18.0 Å². The summed E-state index contributed by atoms with van der Waals surface area (Å²) in [6, 6.07) is 8.01. The SMILES string of the molecule is Cc1c(CCCl)c(Cl)nc2ccccc12. The molecular weight excluding hydrogens is 229 g/mol. The standard InChI is InChI=1S/C12H11Cl2N/c1-8-9-4-2-3-5-11(9)15-12(14)10(8)6-7-13/h2-5H,6-7H2,1H3. The summed E-state index contributed by atoms with van der Waals surface area (Å²) in [5.41, 5.74) is 3.19. The number of rotatable bonds is 2. The van der Waals surface area contributed by atoms with Crippen molar-refractivity contribution in [2.24, 2.45) is 0 Å². The lowest BCUT2D eigenvalue weighted by Crippen LogP contribution is -1.96. The van der Waals surface area contributed by atoms with E-state index in [-0.39, 0.29) is 0 Å². The molecule has 0 atom stereocenters. The van der Waals surface area contributed by atoms with E-state index in [0.29, 0.717) is 11.0 Å². The molecule has 0 fully saturated rings. The van der Waals surface area contributed by atoms with Crippen molar-refractivity contribution >= 4 is 34.1 Å². The Kier molecular flexibility index (Phi) is 3.13. The molecule has 0 aliphatic carbocycles. The average Bonchev–Trinajstić information content (AvgIpc) is 2.24. The minimum atomic E-state index is 0.570. The number of pyridine rings is 1. The highest BCUT2D eigenvalue weighted by Crippen LogP contribution is 2.26. The van der Waals surface area contributed by atoms with Gasteiger partial charge in [-0.15, -0.1) is 11.6 Å². The van der Waals surface area contributed by atoms with Gasteiger partial charge in [-0.25, -0.2) is 4.98 Å². The molecular formula is C12H11Cl2N. The number of nitrogens with zero attached hydrogens (tertiary/aromatic N) is 1. The molecule has 0 spiro atoms. The Morgan fingerprint density at radius 2 is 2.00 bits per heavy atom. The first-order valence-corrected chi connectivity index (χ1v) is 5.75. The van der Waals surface area contributed by atoms with Crippen molar-refractivity contribution in [2.75, 3.05) is 5.88 Å². The first kappa shape index (κ1) is 10.7. The van der Waals surface area contributed by atoms with Crippen LogP contribution in [0.2, 0.25) is 5.15 Å². The second kappa shape index (κ2) is 4.38. The molecule has 3 heteroatoms. The zero-order valence-electron chi connectivity index (χ0n) is 8.43. The quantitative estimate of drug-likeness (QED) is 0.571. The molecule has 1 nitrogen and oxygen atoms in total. The summed E-state index contributed by atoms with van der Waals surface area (Å²) in [6.45, 7) is 2.07. The van der Waals surface area contributed by atoms with Gasteiger partial charge in [0.05, 0.1) is 5.52 Å². The Hall–Kier alpha value is -0.790. The molecule has 0 aliphatic rings. The van der Waals surface area contributed by atoms with Crippen LogP contribution in [0.3, 0.4) is 0 Å². The molecule has 1 aromatic carbocycles. The molecule has 0 aliphatic heterocycles. The lowest BCUT2D eigenvalue weighted by atomic mass is 10.0. The maximum atomic E-state index is 6.12. The number of hydrogen-bond acceptors (Lipinski definition) is 1. The number of para-hydroxylation sites is 1. The number of hydrogen-bond donors (Lipinski definition) is 0. The van der Waals surface area contributed by atoms with E-state index in [1.54, 1.807) is 0 Å². The molecule has 2 rings (SSSR count). The Morgan fingerprint density at radius 3 is 2.73 bits per heavy atom. The van der Waals surface area contributed by atoms with Crippen LogP contribution in [0, 0.1) is 6.92 Å². The molecule has 0 bridgehead atoms. The first-order valence-electron chi connectivity index (χ1n) is 4.83. The van der Waals surface area contributed by atoms with E-state index in [1.165, 1.54) is 5.56 Å². The molecule has 15 heavy (non-hydrogen) atoms. The van der Waals surface area contributed by atoms with Gasteiger partial charge in [0.1, 0.15) is 5.15 Å². The summed E-state index contributed by atoms with van der Waals surface area (Å²) in [5.74, 6) is 0.570. The van der Waals surface area contributed by atoms with Gasteiger partial charge < -0.3 is 0 Å². The maximum absolute atomic E-state index is 6.12. The summed E-state index contributed by atoms with van der Waals surface area (Å²) in [4.78, 5) is 4.36. The van der Waals surface area contributed by atoms with Crippen molar-refractivity contribution in [1.29, 1.82) is 0 Å². The molecule has 0 unspecified atom stereocenters. The van der Waals surface area contributed by atoms with Gasteiger partial charge in [0.25, 0.3) is 0 Å². The molecule has 78 valence electrons. The number of alkyl halides is 1.